The lowest BCUT2D eigenvalue weighted by Gasteiger charge is -2.18. The maximum Gasteiger partial charge on any atom is 0.226 e. The van der Waals surface area contributed by atoms with Gasteiger partial charge in [-0.2, -0.15) is 4.98 Å². The lowest BCUT2D eigenvalue weighted by Crippen LogP contribution is -2.10. The molecule has 0 aromatic carbocycles. The van der Waals surface area contributed by atoms with Gasteiger partial charge in [-0.05, 0) is 24.6 Å². The number of rotatable bonds is 5. The predicted octanol–water partition coefficient (Wildman–Crippen LogP) is 4.90. The lowest BCUT2D eigenvalue weighted by atomic mass is 9.96. The predicted molar refractivity (Wildman–Crippen MR) is 113 cm³/mol. The molecule has 3 heterocycles. The molecule has 6 nitrogen and oxygen atoms in total. The third-order valence-electron chi connectivity index (χ3n) is 4.25. The normalized spacial score (nSPS) is 10.7. The molecule has 3 aromatic heterocycles. The molecular formula is C20H20Cl2N4O2. The van der Waals surface area contributed by atoms with Crippen LogP contribution in [0.4, 0.5) is 5.82 Å². The monoisotopic (exact) mass is 418 g/mol. The highest BCUT2D eigenvalue weighted by Gasteiger charge is 2.22. The maximum absolute atomic E-state index is 6.45. The topological polar surface area (TPSA) is 60.4 Å². The summed E-state index contributed by atoms with van der Waals surface area (Å²) in [7, 11) is 6.99. The number of methoxy groups -OCH3 is 2. The largest absolute Gasteiger partial charge is 0.481 e. The summed E-state index contributed by atoms with van der Waals surface area (Å²) in [5, 5.41) is 0.846. The highest BCUT2D eigenvalue weighted by atomic mass is 35.5. The van der Waals surface area contributed by atoms with Crippen molar-refractivity contribution in [2.45, 2.75) is 6.92 Å². The van der Waals surface area contributed by atoms with Crippen molar-refractivity contribution in [1.29, 1.82) is 0 Å². The highest BCUT2D eigenvalue weighted by molar-refractivity contribution is 6.36. The Morgan fingerprint density at radius 2 is 1.68 bits per heavy atom. The van der Waals surface area contributed by atoms with E-state index in [-0.39, 0.29) is 0 Å². The van der Waals surface area contributed by atoms with Crippen LogP contribution in [0, 0.1) is 6.92 Å². The van der Waals surface area contributed by atoms with E-state index < -0.39 is 0 Å². The van der Waals surface area contributed by atoms with Crippen molar-refractivity contribution in [2.24, 2.45) is 0 Å². The van der Waals surface area contributed by atoms with Crippen molar-refractivity contribution in [3.63, 3.8) is 0 Å². The van der Waals surface area contributed by atoms with Gasteiger partial charge in [0.25, 0.3) is 0 Å². The van der Waals surface area contributed by atoms with Crippen molar-refractivity contribution >= 4 is 29.0 Å². The minimum absolute atomic E-state index is 0.349. The summed E-state index contributed by atoms with van der Waals surface area (Å²) in [5.74, 6) is 1.62. The van der Waals surface area contributed by atoms with E-state index in [1.54, 1.807) is 20.3 Å². The van der Waals surface area contributed by atoms with E-state index in [9.17, 15) is 0 Å². The number of halogens is 2. The second-order valence-corrected chi connectivity index (χ2v) is 7.18. The Labute approximate surface area is 174 Å². The molecular weight excluding hydrogens is 399 g/mol. The molecule has 0 fully saturated rings. The van der Waals surface area contributed by atoms with Crippen molar-refractivity contribution in [3.05, 3.63) is 46.2 Å². The van der Waals surface area contributed by atoms with Crippen LogP contribution >= 0.6 is 23.2 Å². The Hall–Kier alpha value is -2.57. The van der Waals surface area contributed by atoms with Crippen LogP contribution in [-0.2, 0) is 0 Å². The minimum atomic E-state index is 0.349. The Morgan fingerprint density at radius 3 is 2.25 bits per heavy atom. The van der Waals surface area contributed by atoms with Crippen molar-refractivity contribution in [3.8, 4) is 34.1 Å². The van der Waals surface area contributed by atoms with Crippen LogP contribution in [0.2, 0.25) is 10.0 Å². The molecule has 0 amide bonds. The molecule has 0 spiro atoms. The molecule has 0 N–H and O–H groups in total. The van der Waals surface area contributed by atoms with Gasteiger partial charge in [-0.1, -0.05) is 23.2 Å². The average Bonchev–Trinajstić information content (AvgIpc) is 2.67. The van der Waals surface area contributed by atoms with Gasteiger partial charge in [0.05, 0.1) is 35.5 Å². The molecule has 0 atom stereocenters. The zero-order valence-corrected chi connectivity index (χ0v) is 17.8. The van der Waals surface area contributed by atoms with Crippen molar-refractivity contribution < 1.29 is 9.47 Å². The van der Waals surface area contributed by atoms with Crippen molar-refractivity contribution in [1.82, 2.24) is 15.0 Å². The van der Waals surface area contributed by atoms with Crippen LogP contribution in [0.15, 0.2) is 30.6 Å². The van der Waals surface area contributed by atoms with Gasteiger partial charge < -0.3 is 14.4 Å². The SMILES string of the molecule is COc1cc(-c2cnc(N(C)C)cc2C)c(-c2ncc(Cl)cc2Cl)c(OC)n1. The van der Waals surface area contributed by atoms with E-state index in [4.69, 9.17) is 32.7 Å². The first-order chi connectivity index (χ1) is 13.3. The summed E-state index contributed by atoms with van der Waals surface area (Å²) < 4.78 is 10.9. The fourth-order valence-corrected chi connectivity index (χ4v) is 3.33. The summed E-state index contributed by atoms with van der Waals surface area (Å²) >= 11 is 12.5. The Kier molecular flexibility index (Phi) is 5.91. The molecule has 8 heteroatoms. The van der Waals surface area contributed by atoms with Crippen LogP contribution in [0.25, 0.3) is 22.4 Å². The quantitative estimate of drug-likeness (QED) is 0.586. The first-order valence-corrected chi connectivity index (χ1v) is 9.20. The number of hydrogen-bond acceptors (Lipinski definition) is 6. The number of aryl methyl sites for hydroxylation is 1. The summed E-state index contributed by atoms with van der Waals surface area (Å²) in [6.07, 6.45) is 3.35. The molecule has 0 aliphatic rings. The van der Waals surface area contributed by atoms with E-state index in [0.717, 1.165) is 22.5 Å². The van der Waals surface area contributed by atoms with Gasteiger partial charge >= 0.3 is 0 Å². The highest BCUT2D eigenvalue weighted by Crippen LogP contribution is 2.43. The first kappa shape index (κ1) is 20.2. The molecule has 0 saturated carbocycles. The molecule has 0 unspecified atom stereocenters. The summed E-state index contributed by atoms with van der Waals surface area (Å²) in [6, 6.07) is 5.47. The van der Waals surface area contributed by atoms with Crippen LogP contribution in [0.1, 0.15) is 5.56 Å². The molecule has 0 radical (unpaired) electrons. The van der Waals surface area contributed by atoms with Crippen LogP contribution in [0.3, 0.4) is 0 Å². The number of hydrogen-bond donors (Lipinski definition) is 0. The number of nitrogens with zero attached hydrogens (tertiary/aromatic N) is 4. The van der Waals surface area contributed by atoms with Crippen LogP contribution in [-0.4, -0.2) is 43.3 Å². The Bertz CT molecular complexity index is 1030. The number of pyridine rings is 3. The van der Waals surface area contributed by atoms with Gasteiger partial charge in [-0.3, -0.25) is 4.98 Å². The fourth-order valence-electron chi connectivity index (χ4n) is 2.86. The average molecular weight is 419 g/mol. The smallest absolute Gasteiger partial charge is 0.226 e. The van der Waals surface area contributed by atoms with Gasteiger partial charge in [0.2, 0.25) is 11.8 Å². The van der Waals surface area contributed by atoms with Crippen LogP contribution in [0.5, 0.6) is 11.8 Å². The molecule has 0 aliphatic carbocycles. The molecule has 3 aromatic rings. The van der Waals surface area contributed by atoms with E-state index in [1.165, 1.54) is 6.20 Å². The summed E-state index contributed by atoms with van der Waals surface area (Å²) in [5.41, 5.74) is 3.89. The third-order valence-corrected chi connectivity index (χ3v) is 4.75. The van der Waals surface area contributed by atoms with E-state index in [2.05, 4.69) is 15.0 Å². The molecule has 146 valence electrons. The minimum Gasteiger partial charge on any atom is -0.481 e. The van der Waals surface area contributed by atoms with Crippen molar-refractivity contribution in [2.75, 3.05) is 33.2 Å². The zero-order valence-electron chi connectivity index (χ0n) is 16.2. The molecule has 0 aliphatic heterocycles. The summed E-state index contributed by atoms with van der Waals surface area (Å²) in [4.78, 5) is 15.3. The molecule has 0 saturated heterocycles. The van der Waals surface area contributed by atoms with E-state index in [0.29, 0.717) is 33.1 Å². The fraction of sp³-hybridized carbons (Fsp3) is 0.250. The van der Waals surface area contributed by atoms with Gasteiger partial charge in [0.1, 0.15) is 5.82 Å². The van der Waals surface area contributed by atoms with E-state index >= 15 is 0 Å². The zero-order chi connectivity index (χ0) is 20.4. The van der Waals surface area contributed by atoms with E-state index in [1.807, 2.05) is 44.2 Å². The maximum atomic E-state index is 6.45. The first-order valence-electron chi connectivity index (χ1n) is 8.44. The number of aromatic nitrogens is 3. The standard InChI is InChI=1S/C20H20Cl2N4O2/c1-11-6-16(26(2)3)23-10-14(11)13-8-17(27-4)25-20(28-5)18(13)19-15(22)7-12(21)9-24-19/h6-10H,1-5H3. The Morgan fingerprint density at radius 1 is 0.929 bits per heavy atom. The molecule has 3 rings (SSSR count). The number of anilines is 1. The number of ether oxygens (including phenoxy) is 2. The molecule has 0 bridgehead atoms. The van der Waals surface area contributed by atoms with Gasteiger partial charge in [-0.25, -0.2) is 4.98 Å². The lowest BCUT2D eigenvalue weighted by molar-refractivity contribution is 0.366. The summed E-state index contributed by atoms with van der Waals surface area (Å²) in [6.45, 7) is 2.02. The van der Waals surface area contributed by atoms with Gasteiger partial charge in [0.15, 0.2) is 0 Å². The third kappa shape index (κ3) is 3.84. The second-order valence-electron chi connectivity index (χ2n) is 6.33. The van der Waals surface area contributed by atoms with Crippen LogP contribution < -0.4 is 14.4 Å². The van der Waals surface area contributed by atoms with Gasteiger partial charge in [0, 0.05) is 43.7 Å². The molecule has 28 heavy (non-hydrogen) atoms. The second kappa shape index (κ2) is 8.20. The Balaban J connectivity index is 2.33. The van der Waals surface area contributed by atoms with Gasteiger partial charge in [-0.15, -0.1) is 0 Å².